The number of thiophene rings is 1. The van der Waals surface area contributed by atoms with Gasteiger partial charge in [-0.2, -0.15) is 4.98 Å². The van der Waals surface area contributed by atoms with Gasteiger partial charge < -0.3 is 0 Å². The maximum atomic E-state index is 5.44. The molecule has 0 spiro atoms. The highest BCUT2D eigenvalue weighted by Crippen LogP contribution is 2.33. The van der Waals surface area contributed by atoms with E-state index < -0.39 is 0 Å². The van der Waals surface area contributed by atoms with E-state index in [-0.39, 0.29) is 0 Å². The Kier molecular flexibility index (Phi) is 4.35. The van der Waals surface area contributed by atoms with Gasteiger partial charge in [-0.25, -0.2) is 4.68 Å². The zero-order valence-electron chi connectivity index (χ0n) is 13.6. The van der Waals surface area contributed by atoms with Crippen molar-refractivity contribution in [3.05, 3.63) is 57.7 Å². The molecule has 6 heteroatoms. The Balaban J connectivity index is 1.57. The van der Waals surface area contributed by atoms with Gasteiger partial charge in [0.25, 0.3) is 0 Å². The quantitative estimate of drug-likeness (QED) is 0.692. The van der Waals surface area contributed by atoms with Gasteiger partial charge in [-0.05, 0) is 61.1 Å². The summed E-state index contributed by atoms with van der Waals surface area (Å²) in [6.07, 6.45) is 3.61. The molecular formula is C18H20N4S2. The molecule has 0 bridgehead atoms. The first-order valence-electron chi connectivity index (χ1n) is 8.21. The molecule has 0 saturated carbocycles. The zero-order valence-corrected chi connectivity index (χ0v) is 15.2. The SMILES string of the molecule is CN(Cn1[nH]c(-c2cccs2)nc1=S)[C@@H]1CCCc2ccccc21. The molecule has 2 aromatic heterocycles. The molecule has 4 nitrogen and oxygen atoms in total. The van der Waals surface area contributed by atoms with E-state index in [1.807, 2.05) is 10.7 Å². The standard InChI is InChI=1S/C18H20N4S2/c1-21(15-9-4-7-13-6-2-3-8-14(13)15)12-22-18(23)19-17(20-22)16-10-5-11-24-16/h2-3,5-6,8,10-11,15H,4,7,9,12H2,1H3,(H,19,20,23)/t15-/m1/s1. The normalized spacial score (nSPS) is 17.2. The molecular weight excluding hydrogens is 336 g/mol. The smallest absolute Gasteiger partial charge is 0.217 e. The predicted octanol–water partition coefficient (Wildman–Crippen LogP) is 4.64. The number of benzene rings is 1. The fourth-order valence-electron chi connectivity index (χ4n) is 3.48. The van der Waals surface area contributed by atoms with Crippen molar-refractivity contribution in [1.82, 2.24) is 19.7 Å². The van der Waals surface area contributed by atoms with Crippen molar-refractivity contribution < 1.29 is 0 Å². The van der Waals surface area contributed by atoms with Crippen LogP contribution < -0.4 is 0 Å². The Morgan fingerprint density at radius 1 is 1.33 bits per heavy atom. The molecule has 3 aromatic rings. The molecule has 0 fully saturated rings. The molecule has 1 N–H and O–H groups in total. The van der Waals surface area contributed by atoms with Crippen molar-refractivity contribution in [2.24, 2.45) is 0 Å². The Bertz CT molecular complexity index is 879. The monoisotopic (exact) mass is 356 g/mol. The van der Waals surface area contributed by atoms with E-state index in [9.17, 15) is 0 Å². The zero-order chi connectivity index (χ0) is 16.5. The Morgan fingerprint density at radius 3 is 3.04 bits per heavy atom. The van der Waals surface area contributed by atoms with Crippen LogP contribution in [-0.2, 0) is 13.1 Å². The maximum Gasteiger partial charge on any atom is 0.217 e. The fraction of sp³-hybridized carbons (Fsp3) is 0.333. The van der Waals surface area contributed by atoms with Gasteiger partial charge in [0.1, 0.15) is 0 Å². The number of H-pyrrole nitrogens is 1. The molecule has 0 amide bonds. The van der Waals surface area contributed by atoms with Crippen molar-refractivity contribution in [2.75, 3.05) is 7.05 Å². The van der Waals surface area contributed by atoms with Crippen molar-refractivity contribution in [3.63, 3.8) is 0 Å². The largest absolute Gasteiger partial charge is 0.280 e. The number of hydrogen-bond acceptors (Lipinski definition) is 4. The number of aromatic amines is 1. The van der Waals surface area contributed by atoms with Crippen LogP contribution in [0, 0.1) is 4.77 Å². The lowest BCUT2D eigenvalue weighted by Crippen LogP contribution is -2.30. The lowest BCUT2D eigenvalue weighted by Gasteiger charge is -2.33. The maximum absolute atomic E-state index is 5.44. The lowest BCUT2D eigenvalue weighted by atomic mass is 9.87. The van der Waals surface area contributed by atoms with Crippen LogP contribution in [0.2, 0.25) is 0 Å². The molecule has 1 aromatic carbocycles. The Hall–Kier alpha value is -1.76. The minimum absolute atomic E-state index is 0.435. The van der Waals surface area contributed by atoms with Gasteiger partial charge in [0.15, 0.2) is 5.82 Å². The third-order valence-electron chi connectivity index (χ3n) is 4.67. The Labute approximate surface area is 150 Å². The molecule has 2 heterocycles. The van der Waals surface area contributed by atoms with E-state index in [0.717, 1.165) is 17.4 Å². The molecule has 0 radical (unpaired) electrons. The first kappa shape index (κ1) is 15.7. The molecule has 124 valence electrons. The van der Waals surface area contributed by atoms with Crippen molar-refractivity contribution in [3.8, 4) is 10.7 Å². The summed E-state index contributed by atoms with van der Waals surface area (Å²) >= 11 is 7.11. The molecule has 0 saturated heterocycles. The number of nitrogens with one attached hydrogen (secondary N) is 1. The number of rotatable bonds is 4. The van der Waals surface area contributed by atoms with Gasteiger partial charge in [0, 0.05) is 6.04 Å². The number of hydrogen-bond donors (Lipinski definition) is 1. The lowest BCUT2D eigenvalue weighted by molar-refractivity contribution is 0.166. The van der Waals surface area contributed by atoms with Crippen molar-refractivity contribution in [2.45, 2.75) is 32.0 Å². The average Bonchev–Trinajstić information content (AvgIpc) is 3.25. The van der Waals surface area contributed by atoms with Crippen LogP contribution in [-0.4, -0.2) is 26.7 Å². The average molecular weight is 357 g/mol. The third kappa shape index (κ3) is 2.97. The van der Waals surface area contributed by atoms with Crippen LogP contribution in [0.1, 0.15) is 30.0 Å². The third-order valence-corrected chi connectivity index (χ3v) is 5.86. The second-order valence-corrected chi connectivity index (χ2v) is 7.58. The topological polar surface area (TPSA) is 36.9 Å². The summed E-state index contributed by atoms with van der Waals surface area (Å²) in [7, 11) is 2.17. The van der Waals surface area contributed by atoms with Gasteiger partial charge in [-0.1, -0.05) is 30.3 Å². The summed E-state index contributed by atoms with van der Waals surface area (Å²) in [5, 5.41) is 5.40. The Morgan fingerprint density at radius 2 is 2.21 bits per heavy atom. The molecule has 0 unspecified atom stereocenters. The second kappa shape index (κ2) is 6.63. The van der Waals surface area contributed by atoms with E-state index in [0.29, 0.717) is 10.8 Å². The van der Waals surface area contributed by atoms with Crippen LogP contribution in [0.15, 0.2) is 41.8 Å². The van der Waals surface area contributed by atoms with E-state index in [2.05, 4.69) is 57.7 Å². The number of fused-ring (bicyclic) bond motifs is 1. The summed E-state index contributed by atoms with van der Waals surface area (Å²) in [4.78, 5) is 7.98. The number of nitrogens with zero attached hydrogens (tertiary/aromatic N) is 3. The van der Waals surface area contributed by atoms with Crippen LogP contribution in [0.5, 0.6) is 0 Å². The number of aryl methyl sites for hydroxylation is 1. The summed E-state index contributed by atoms with van der Waals surface area (Å²) in [6.45, 7) is 0.718. The predicted molar refractivity (Wildman–Crippen MR) is 101 cm³/mol. The number of aromatic nitrogens is 3. The highest BCUT2D eigenvalue weighted by atomic mass is 32.1. The van der Waals surface area contributed by atoms with Gasteiger partial charge in [0.2, 0.25) is 4.77 Å². The molecule has 24 heavy (non-hydrogen) atoms. The van der Waals surface area contributed by atoms with E-state index >= 15 is 0 Å². The highest BCUT2D eigenvalue weighted by Gasteiger charge is 2.23. The van der Waals surface area contributed by atoms with Gasteiger partial charge >= 0.3 is 0 Å². The summed E-state index contributed by atoms with van der Waals surface area (Å²) in [6, 6.07) is 13.3. The van der Waals surface area contributed by atoms with E-state index in [1.165, 1.54) is 30.4 Å². The fourth-order valence-corrected chi connectivity index (χ4v) is 4.34. The molecule has 4 rings (SSSR count). The first-order valence-corrected chi connectivity index (χ1v) is 9.50. The highest BCUT2D eigenvalue weighted by molar-refractivity contribution is 7.71. The van der Waals surface area contributed by atoms with E-state index in [4.69, 9.17) is 12.2 Å². The van der Waals surface area contributed by atoms with Gasteiger partial charge in [-0.3, -0.25) is 10.00 Å². The molecule has 1 aliphatic rings. The van der Waals surface area contributed by atoms with Crippen molar-refractivity contribution >= 4 is 23.6 Å². The molecule has 1 atom stereocenters. The summed E-state index contributed by atoms with van der Waals surface area (Å²) in [5.41, 5.74) is 2.93. The van der Waals surface area contributed by atoms with E-state index in [1.54, 1.807) is 11.3 Å². The minimum Gasteiger partial charge on any atom is -0.280 e. The summed E-state index contributed by atoms with van der Waals surface area (Å²) < 4.78 is 2.57. The first-order chi connectivity index (χ1) is 11.7. The van der Waals surface area contributed by atoms with Crippen LogP contribution in [0.25, 0.3) is 10.7 Å². The van der Waals surface area contributed by atoms with Crippen LogP contribution in [0.4, 0.5) is 0 Å². The van der Waals surface area contributed by atoms with Crippen molar-refractivity contribution in [1.29, 1.82) is 0 Å². The molecule has 1 aliphatic carbocycles. The summed E-state index contributed by atoms with van der Waals surface area (Å²) in [5.74, 6) is 0.854. The van der Waals surface area contributed by atoms with Crippen LogP contribution >= 0.6 is 23.6 Å². The molecule has 0 aliphatic heterocycles. The van der Waals surface area contributed by atoms with Gasteiger partial charge in [-0.15, -0.1) is 11.3 Å². The minimum atomic E-state index is 0.435. The van der Waals surface area contributed by atoms with Crippen LogP contribution in [0.3, 0.4) is 0 Å². The van der Waals surface area contributed by atoms with Gasteiger partial charge in [0.05, 0.1) is 11.5 Å². The second-order valence-electron chi connectivity index (χ2n) is 6.27.